The van der Waals surface area contributed by atoms with Gasteiger partial charge in [-0.15, -0.1) is 0 Å². The number of hydrogen-bond acceptors (Lipinski definition) is 1. The standard InChI is InChI=1S/C12H8ClF3O/c13-11(12(14,15)16)17-10-7-3-5-8-4-1-2-6-9(8)10/h1-7,11H. The maximum atomic E-state index is 12.3. The van der Waals surface area contributed by atoms with Crippen LogP contribution in [0.2, 0.25) is 0 Å². The van der Waals surface area contributed by atoms with Gasteiger partial charge < -0.3 is 4.74 Å². The molecule has 0 bridgehead atoms. The molecule has 0 saturated heterocycles. The first kappa shape index (κ1) is 12.0. The van der Waals surface area contributed by atoms with Gasteiger partial charge in [-0.05, 0) is 11.5 Å². The van der Waals surface area contributed by atoms with Crippen LogP contribution in [0, 0.1) is 0 Å². The van der Waals surface area contributed by atoms with E-state index in [4.69, 9.17) is 16.3 Å². The molecule has 0 fully saturated rings. The molecule has 0 heterocycles. The maximum Gasteiger partial charge on any atom is 0.440 e. The van der Waals surface area contributed by atoms with Gasteiger partial charge in [0.05, 0.1) is 0 Å². The third-order valence-electron chi connectivity index (χ3n) is 2.24. The minimum absolute atomic E-state index is 0.125. The van der Waals surface area contributed by atoms with Gasteiger partial charge in [0, 0.05) is 5.39 Å². The van der Waals surface area contributed by atoms with Crippen molar-refractivity contribution in [2.75, 3.05) is 0 Å². The first-order valence-corrected chi connectivity index (χ1v) is 5.27. The first-order chi connectivity index (χ1) is 7.98. The molecule has 0 aromatic heterocycles. The Morgan fingerprint density at radius 1 is 1.00 bits per heavy atom. The van der Waals surface area contributed by atoms with Gasteiger partial charge in [-0.25, -0.2) is 0 Å². The van der Waals surface area contributed by atoms with Gasteiger partial charge in [0.2, 0.25) is 0 Å². The Labute approximate surface area is 101 Å². The molecule has 2 rings (SSSR count). The highest BCUT2D eigenvalue weighted by Gasteiger charge is 2.40. The molecular weight excluding hydrogens is 253 g/mol. The van der Waals surface area contributed by atoms with Crippen LogP contribution in [0.3, 0.4) is 0 Å². The lowest BCUT2D eigenvalue weighted by atomic mass is 10.1. The average molecular weight is 261 g/mol. The molecule has 1 atom stereocenters. The van der Waals surface area contributed by atoms with Crippen LogP contribution < -0.4 is 4.74 Å². The molecule has 17 heavy (non-hydrogen) atoms. The minimum atomic E-state index is -4.58. The first-order valence-electron chi connectivity index (χ1n) is 4.84. The SMILES string of the molecule is FC(F)(F)C(Cl)Oc1cccc2ccccc12. The fourth-order valence-corrected chi connectivity index (χ4v) is 1.57. The second-order valence-corrected chi connectivity index (χ2v) is 3.85. The van der Waals surface area contributed by atoms with Crippen LogP contribution in [0.15, 0.2) is 42.5 Å². The van der Waals surface area contributed by atoms with E-state index in [0.29, 0.717) is 5.39 Å². The molecule has 0 saturated carbocycles. The molecule has 0 aliphatic carbocycles. The van der Waals surface area contributed by atoms with Crippen molar-refractivity contribution < 1.29 is 17.9 Å². The summed E-state index contributed by atoms with van der Waals surface area (Å²) in [5.41, 5.74) is -2.34. The summed E-state index contributed by atoms with van der Waals surface area (Å²) in [7, 11) is 0. The van der Waals surface area contributed by atoms with Crippen molar-refractivity contribution in [3.05, 3.63) is 42.5 Å². The highest BCUT2D eigenvalue weighted by atomic mass is 35.5. The summed E-state index contributed by atoms with van der Waals surface area (Å²) in [6, 6.07) is 11.9. The molecule has 0 spiro atoms. The number of alkyl halides is 4. The zero-order valence-electron chi connectivity index (χ0n) is 8.54. The molecule has 0 N–H and O–H groups in total. The second kappa shape index (κ2) is 4.45. The van der Waals surface area contributed by atoms with Crippen LogP contribution in [-0.4, -0.2) is 11.7 Å². The van der Waals surface area contributed by atoms with E-state index in [1.807, 2.05) is 0 Å². The maximum absolute atomic E-state index is 12.3. The normalized spacial score (nSPS) is 13.6. The monoisotopic (exact) mass is 260 g/mol. The van der Waals surface area contributed by atoms with Crippen LogP contribution in [-0.2, 0) is 0 Å². The highest BCUT2D eigenvalue weighted by molar-refractivity contribution is 6.20. The Balaban J connectivity index is 2.36. The van der Waals surface area contributed by atoms with Gasteiger partial charge >= 0.3 is 6.18 Å². The minimum Gasteiger partial charge on any atom is -0.464 e. The summed E-state index contributed by atoms with van der Waals surface area (Å²) in [4.78, 5) is 0. The Kier molecular flexibility index (Phi) is 3.15. The molecule has 0 amide bonds. The lowest BCUT2D eigenvalue weighted by Crippen LogP contribution is -2.28. The van der Waals surface area contributed by atoms with Crippen molar-refractivity contribution in [2.45, 2.75) is 11.7 Å². The van der Waals surface area contributed by atoms with E-state index in [9.17, 15) is 13.2 Å². The Morgan fingerprint density at radius 2 is 1.65 bits per heavy atom. The van der Waals surface area contributed by atoms with E-state index in [1.165, 1.54) is 6.07 Å². The number of fused-ring (bicyclic) bond motifs is 1. The second-order valence-electron chi connectivity index (χ2n) is 3.45. The zero-order chi connectivity index (χ0) is 12.5. The molecule has 0 aliphatic rings. The number of ether oxygens (including phenoxy) is 1. The summed E-state index contributed by atoms with van der Waals surface area (Å²) in [6.45, 7) is 0. The summed E-state index contributed by atoms with van der Waals surface area (Å²) in [5.74, 6) is 0.125. The van der Waals surface area contributed by atoms with Crippen LogP contribution >= 0.6 is 11.6 Å². The average Bonchev–Trinajstić information content (AvgIpc) is 2.28. The van der Waals surface area contributed by atoms with Gasteiger partial charge in [0.25, 0.3) is 5.56 Å². The van der Waals surface area contributed by atoms with Crippen molar-refractivity contribution in [2.24, 2.45) is 0 Å². The molecule has 1 nitrogen and oxygen atoms in total. The third-order valence-corrected chi connectivity index (χ3v) is 2.57. The van der Waals surface area contributed by atoms with Crippen LogP contribution in [0.4, 0.5) is 13.2 Å². The summed E-state index contributed by atoms with van der Waals surface area (Å²) >= 11 is 5.14. The highest BCUT2D eigenvalue weighted by Crippen LogP contribution is 2.31. The fourth-order valence-electron chi connectivity index (χ4n) is 1.48. The molecule has 0 radical (unpaired) electrons. The lowest BCUT2D eigenvalue weighted by Gasteiger charge is -2.16. The summed E-state index contributed by atoms with van der Waals surface area (Å²) in [6.07, 6.45) is -4.58. The predicted molar refractivity (Wildman–Crippen MR) is 60.3 cm³/mol. The van der Waals surface area contributed by atoms with Gasteiger partial charge in [-0.3, -0.25) is 0 Å². The van der Waals surface area contributed by atoms with E-state index in [-0.39, 0.29) is 5.75 Å². The van der Waals surface area contributed by atoms with Crippen LogP contribution in [0.1, 0.15) is 0 Å². The van der Waals surface area contributed by atoms with Gasteiger partial charge in [0.1, 0.15) is 5.75 Å². The molecule has 2 aromatic rings. The Hall–Kier alpha value is -1.42. The topological polar surface area (TPSA) is 9.23 Å². The predicted octanol–water partition coefficient (Wildman–Crippen LogP) is 4.35. The molecule has 5 heteroatoms. The molecule has 2 aromatic carbocycles. The number of hydrogen-bond donors (Lipinski definition) is 0. The zero-order valence-corrected chi connectivity index (χ0v) is 9.29. The Bertz CT molecular complexity index is 519. The van der Waals surface area contributed by atoms with Crippen molar-refractivity contribution in [3.8, 4) is 5.75 Å². The van der Waals surface area contributed by atoms with E-state index >= 15 is 0 Å². The molecule has 1 unspecified atom stereocenters. The van der Waals surface area contributed by atoms with Crippen molar-refractivity contribution >= 4 is 22.4 Å². The summed E-state index contributed by atoms with van der Waals surface area (Å²) in [5, 5.41) is 1.40. The number of benzene rings is 2. The van der Waals surface area contributed by atoms with E-state index in [0.717, 1.165) is 5.39 Å². The summed E-state index contributed by atoms with van der Waals surface area (Å²) < 4.78 is 41.6. The number of halogens is 4. The van der Waals surface area contributed by atoms with Crippen LogP contribution in [0.5, 0.6) is 5.75 Å². The van der Waals surface area contributed by atoms with Crippen LogP contribution in [0.25, 0.3) is 10.8 Å². The fraction of sp³-hybridized carbons (Fsp3) is 0.167. The molecular formula is C12H8ClF3O. The van der Waals surface area contributed by atoms with E-state index in [2.05, 4.69) is 0 Å². The lowest BCUT2D eigenvalue weighted by molar-refractivity contribution is -0.168. The van der Waals surface area contributed by atoms with E-state index < -0.39 is 11.7 Å². The van der Waals surface area contributed by atoms with Gasteiger partial charge in [-0.1, -0.05) is 48.0 Å². The van der Waals surface area contributed by atoms with Crippen molar-refractivity contribution in [3.63, 3.8) is 0 Å². The van der Waals surface area contributed by atoms with Crippen molar-refractivity contribution in [1.82, 2.24) is 0 Å². The number of rotatable bonds is 2. The third kappa shape index (κ3) is 2.64. The van der Waals surface area contributed by atoms with Gasteiger partial charge in [-0.2, -0.15) is 13.2 Å². The molecule has 90 valence electrons. The molecule has 0 aliphatic heterocycles. The quantitative estimate of drug-likeness (QED) is 0.730. The van der Waals surface area contributed by atoms with Crippen molar-refractivity contribution in [1.29, 1.82) is 0 Å². The largest absolute Gasteiger partial charge is 0.464 e. The van der Waals surface area contributed by atoms with Gasteiger partial charge in [0.15, 0.2) is 0 Å². The Morgan fingerprint density at radius 3 is 2.35 bits per heavy atom. The van der Waals surface area contributed by atoms with E-state index in [1.54, 1.807) is 36.4 Å². The smallest absolute Gasteiger partial charge is 0.440 e.